The first-order chi connectivity index (χ1) is 10.1. The Morgan fingerprint density at radius 2 is 2.05 bits per heavy atom. The Morgan fingerprint density at radius 1 is 1.29 bits per heavy atom. The van der Waals surface area contributed by atoms with E-state index in [0.29, 0.717) is 5.56 Å². The van der Waals surface area contributed by atoms with Gasteiger partial charge in [-0.25, -0.2) is 0 Å². The number of carbonyl (C=O) groups is 1. The summed E-state index contributed by atoms with van der Waals surface area (Å²) in [4.78, 5) is 17.0. The SMILES string of the molecule is Cc1cc(C(=O)N[C@@H]2CCCC[C@H]2O)c2ccccc2n1. The molecule has 0 radical (unpaired) electrons. The summed E-state index contributed by atoms with van der Waals surface area (Å²) in [6.45, 7) is 1.89. The van der Waals surface area contributed by atoms with Gasteiger partial charge in [0, 0.05) is 11.1 Å². The minimum atomic E-state index is -0.433. The largest absolute Gasteiger partial charge is 0.391 e. The van der Waals surface area contributed by atoms with Crippen LogP contribution in [0.4, 0.5) is 0 Å². The van der Waals surface area contributed by atoms with E-state index in [-0.39, 0.29) is 11.9 Å². The maximum Gasteiger partial charge on any atom is 0.252 e. The molecule has 1 aromatic heterocycles. The number of amides is 1. The molecular formula is C17H20N2O2. The topological polar surface area (TPSA) is 62.2 Å². The van der Waals surface area contributed by atoms with Gasteiger partial charge in [-0.2, -0.15) is 0 Å². The Kier molecular flexibility index (Phi) is 3.88. The molecule has 0 unspecified atom stereocenters. The summed E-state index contributed by atoms with van der Waals surface area (Å²) in [6, 6.07) is 9.32. The monoisotopic (exact) mass is 284 g/mol. The first kappa shape index (κ1) is 14.0. The van der Waals surface area contributed by atoms with E-state index in [2.05, 4.69) is 10.3 Å². The van der Waals surface area contributed by atoms with E-state index in [0.717, 1.165) is 42.3 Å². The molecule has 1 aliphatic carbocycles. The molecule has 2 N–H and O–H groups in total. The number of benzene rings is 1. The van der Waals surface area contributed by atoms with Gasteiger partial charge in [0.2, 0.25) is 0 Å². The van der Waals surface area contributed by atoms with Crippen molar-refractivity contribution in [1.82, 2.24) is 10.3 Å². The van der Waals surface area contributed by atoms with Crippen LogP contribution in [-0.2, 0) is 0 Å². The average molecular weight is 284 g/mol. The molecule has 0 saturated heterocycles. The average Bonchev–Trinajstić information content (AvgIpc) is 2.48. The van der Waals surface area contributed by atoms with Gasteiger partial charge in [0.25, 0.3) is 5.91 Å². The van der Waals surface area contributed by atoms with Crippen LogP contribution >= 0.6 is 0 Å². The van der Waals surface area contributed by atoms with E-state index in [9.17, 15) is 9.90 Å². The third-order valence-electron chi connectivity index (χ3n) is 4.13. The first-order valence-electron chi connectivity index (χ1n) is 7.50. The second-order valence-corrected chi connectivity index (χ2v) is 5.76. The Hall–Kier alpha value is -1.94. The molecule has 2 aromatic rings. The highest BCUT2D eigenvalue weighted by Gasteiger charge is 2.25. The van der Waals surface area contributed by atoms with E-state index in [1.807, 2.05) is 37.3 Å². The van der Waals surface area contributed by atoms with Crippen LogP contribution in [0.15, 0.2) is 30.3 Å². The van der Waals surface area contributed by atoms with Gasteiger partial charge in [0.1, 0.15) is 0 Å². The Bertz CT molecular complexity index is 669. The molecule has 0 spiro atoms. The number of aliphatic hydroxyl groups excluding tert-OH is 1. The summed E-state index contributed by atoms with van der Waals surface area (Å²) in [5.41, 5.74) is 2.28. The van der Waals surface area contributed by atoms with Gasteiger partial charge in [-0.3, -0.25) is 9.78 Å². The predicted molar refractivity (Wildman–Crippen MR) is 82.2 cm³/mol. The number of hydrogen-bond acceptors (Lipinski definition) is 3. The fourth-order valence-corrected chi connectivity index (χ4v) is 3.02. The predicted octanol–water partition coefficient (Wildman–Crippen LogP) is 2.58. The van der Waals surface area contributed by atoms with Crippen LogP contribution in [0, 0.1) is 6.92 Å². The number of aryl methyl sites for hydroxylation is 1. The maximum atomic E-state index is 12.6. The van der Waals surface area contributed by atoms with Crippen LogP contribution in [0.5, 0.6) is 0 Å². The van der Waals surface area contributed by atoms with Crippen LogP contribution in [0.25, 0.3) is 10.9 Å². The lowest BCUT2D eigenvalue weighted by Gasteiger charge is -2.28. The standard InChI is InChI=1S/C17H20N2O2/c1-11-10-13(12-6-2-3-7-14(12)18-11)17(21)19-15-8-4-5-9-16(15)20/h2-3,6-7,10,15-16,20H,4-5,8-9H2,1H3,(H,19,21)/t15-,16-/m1/s1. The summed E-state index contributed by atoms with van der Waals surface area (Å²) in [5.74, 6) is -0.123. The number of carbonyl (C=O) groups excluding carboxylic acids is 1. The number of aromatic nitrogens is 1. The highest BCUT2D eigenvalue weighted by atomic mass is 16.3. The van der Waals surface area contributed by atoms with Crippen molar-refractivity contribution in [3.8, 4) is 0 Å². The van der Waals surface area contributed by atoms with E-state index < -0.39 is 6.10 Å². The van der Waals surface area contributed by atoms with Crippen molar-refractivity contribution in [1.29, 1.82) is 0 Å². The quantitative estimate of drug-likeness (QED) is 0.891. The van der Waals surface area contributed by atoms with Gasteiger partial charge in [0.15, 0.2) is 0 Å². The number of nitrogens with zero attached hydrogens (tertiary/aromatic N) is 1. The third kappa shape index (κ3) is 2.90. The minimum absolute atomic E-state index is 0.123. The minimum Gasteiger partial charge on any atom is -0.391 e. The number of aliphatic hydroxyl groups is 1. The molecule has 2 atom stereocenters. The molecular weight excluding hydrogens is 264 g/mol. The molecule has 1 aromatic carbocycles. The van der Waals surface area contributed by atoms with Crippen LogP contribution in [0.2, 0.25) is 0 Å². The van der Waals surface area contributed by atoms with Crippen LogP contribution < -0.4 is 5.32 Å². The zero-order valence-electron chi connectivity index (χ0n) is 12.2. The molecule has 21 heavy (non-hydrogen) atoms. The fraction of sp³-hybridized carbons (Fsp3) is 0.412. The summed E-state index contributed by atoms with van der Waals surface area (Å²) in [6.07, 6.45) is 3.26. The van der Waals surface area contributed by atoms with E-state index in [4.69, 9.17) is 0 Å². The van der Waals surface area contributed by atoms with Crippen molar-refractivity contribution in [3.05, 3.63) is 41.6 Å². The van der Waals surface area contributed by atoms with E-state index in [1.165, 1.54) is 0 Å². The fourth-order valence-electron chi connectivity index (χ4n) is 3.02. The molecule has 4 nitrogen and oxygen atoms in total. The number of rotatable bonds is 2. The smallest absolute Gasteiger partial charge is 0.252 e. The number of fused-ring (bicyclic) bond motifs is 1. The molecule has 0 bridgehead atoms. The molecule has 1 amide bonds. The molecule has 0 aliphatic heterocycles. The lowest BCUT2D eigenvalue weighted by Crippen LogP contribution is -2.45. The zero-order chi connectivity index (χ0) is 14.8. The lowest BCUT2D eigenvalue weighted by atomic mass is 9.92. The molecule has 4 heteroatoms. The highest BCUT2D eigenvalue weighted by Crippen LogP contribution is 2.21. The van der Waals surface area contributed by atoms with Crippen LogP contribution in [0.3, 0.4) is 0 Å². The summed E-state index contributed by atoms with van der Waals surface area (Å²) in [5, 5.41) is 13.8. The molecule has 1 fully saturated rings. The van der Waals surface area contributed by atoms with Gasteiger partial charge >= 0.3 is 0 Å². The Labute approximate surface area is 124 Å². The number of hydrogen-bond donors (Lipinski definition) is 2. The van der Waals surface area contributed by atoms with Gasteiger partial charge < -0.3 is 10.4 Å². The Morgan fingerprint density at radius 3 is 2.86 bits per heavy atom. The van der Waals surface area contributed by atoms with Crippen molar-refractivity contribution in [3.63, 3.8) is 0 Å². The zero-order valence-corrected chi connectivity index (χ0v) is 12.2. The van der Waals surface area contributed by atoms with Gasteiger partial charge in [-0.15, -0.1) is 0 Å². The summed E-state index contributed by atoms with van der Waals surface area (Å²) >= 11 is 0. The Balaban J connectivity index is 1.90. The second kappa shape index (κ2) is 5.82. The van der Waals surface area contributed by atoms with Crippen LogP contribution in [0.1, 0.15) is 41.7 Å². The van der Waals surface area contributed by atoms with Crippen molar-refractivity contribution in [2.45, 2.75) is 44.8 Å². The lowest BCUT2D eigenvalue weighted by molar-refractivity contribution is 0.0718. The molecule has 110 valence electrons. The van der Waals surface area contributed by atoms with Crippen molar-refractivity contribution < 1.29 is 9.90 Å². The number of pyridine rings is 1. The van der Waals surface area contributed by atoms with Crippen molar-refractivity contribution in [2.75, 3.05) is 0 Å². The summed E-state index contributed by atoms with van der Waals surface area (Å²) < 4.78 is 0. The van der Waals surface area contributed by atoms with E-state index >= 15 is 0 Å². The van der Waals surface area contributed by atoms with Gasteiger partial charge in [-0.1, -0.05) is 31.0 Å². The molecule has 3 rings (SSSR count). The van der Waals surface area contributed by atoms with Crippen molar-refractivity contribution >= 4 is 16.8 Å². The van der Waals surface area contributed by atoms with E-state index in [1.54, 1.807) is 0 Å². The number of nitrogens with one attached hydrogen (secondary N) is 1. The molecule has 1 heterocycles. The molecule has 1 saturated carbocycles. The summed E-state index contributed by atoms with van der Waals surface area (Å²) in [7, 11) is 0. The first-order valence-corrected chi connectivity index (χ1v) is 7.50. The van der Waals surface area contributed by atoms with Crippen molar-refractivity contribution in [2.24, 2.45) is 0 Å². The number of para-hydroxylation sites is 1. The molecule has 1 aliphatic rings. The third-order valence-corrected chi connectivity index (χ3v) is 4.13. The van der Waals surface area contributed by atoms with Gasteiger partial charge in [0.05, 0.1) is 23.2 Å². The second-order valence-electron chi connectivity index (χ2n) is 5.76. The normalized spacial score (nSPS) is 22.2. The van der Waals surface area contributed by atoms with Crippen LogP contribution in [-0.4, -0.2) is 28.1 Å². The van der Waals surface area contributed by atoms with Gasteiger partial charge in [-0.05, 0) is 31.9 Å². The maximum absolute atomic E-state index is 12.6. The highest BCUT2D eigenvalue weighted by molar-refractivity contribution is 6.06.